The van der Waals surface area contributed by atoms with Crippen molar-refractivity contribution in [2.75, 3.05) is 27.2 Å². The standard InChI is InChI=1S/C20H38N2O2/c1-17(2,3)20(7)14-18(4,5)19(6,16(23)24)13-15(20)21-11-10-12-22(8)9/h13,21H,10-12,14H2,1-9H3,(H,23,24). The average molecular weight is 339 g/mol. The van der Waals surface area contributed by atoms with Crippen LogP contribution in [0.2, 0.25) is 0 Å². The van der Waals surface area contributed by atoms with Crippen LogP contribution in [0.25, 0.3) is 0 Å². The van der Waals surface area contributed by atoms with Gasteiger partial charge in [0.2, 0.25) is 0 Å². The van der Waals surface area contributed by atoms with Crippen molar-refractivity contribution in [2.45, 2.75) is 61.3 Å². The molecule has 1 rings (SSSR count). The monoisotopic (exact) mass is 338 g/mol. The fourth-order valence-corrected chi connectivity index (χ4v) is 3.69. The summed E-state index contributed by atoms with van der Waals surface area (Å²) in [5.74, 6) is -0.740. The van der Waals surface area contributed by atoms with E-state index in [1.165, 1.54) is 0 Å². The first kappa shape index (κ1) is 21.0. The number of hydrogen-bond acceptors (Lipinski definition) is 3. The van der Waals surface area contributed by atoms with Crippen molar-refractivity contribution in [3.63, 3.8) is 0 Å². The Hall–Kier alpha value is -1.03. The third-order valence-electron chi connectivity index (χ3n) is 6.43. The Morgan fingerprint density at radius 2 is 1.79 bits per heavy atom. The number of allylic oxidation sites excluding steroid dienone is 1. The summed E-state index contributed by atoms with van der Waals surface area (Å²) in [7, 11) is 4.15. The maximum Gasteiger partial charge on any atom is 0.313 e. The Morgan fingerprint density at radius 1 is 1.25 bits per heavy atom. The number of carboxylic acid groups (broad SMARTS) is 1. The number of aliphatic carboxylic acids is 1. The summed E-state index contributed by atoms with van der Waals surface area (Å²) in [5, 5.41) is 13.5. The Labute approximate surface area is 148 Å². The molecule has 0 fully saturated rings. The normalized spacial score (nSPS) is 30.2. The highest BCUT2D eigenvalue weighted by molar-refractivity contribution is 5.78. The Morgan fingerprint density at radius 3 is 2.21 bits per heavy atom. The van der Waals surface area contributed by atoms with Crippen LogP contribution in [0.4, 0.5) is 0 Å². The molecule has 0 spiro atoms. The van der Waals surface area contributed by atoms with E-state index in [1.54, 1.807) is 0 Å². The molecule has 2 atom stereocenters. The summed E-state index contributed by atoms with van der Waals surface area (Å²) in [5.41, 5.74) is -0.108. The van der Waals surface area contributed by atoms with Crippen LogP contribution in [0, 0.1) is 21.7 Å². The van der Waals surface area contributed by atoms with Crippen molar-refractivity contribution in [1.82, 2.24) is 10.2 Å². The lowest BCUT2D eigenvalue weighted by Gasteiger charge is -2.56. The molecule has 0 amide bonds. The van der Waals surface area contributed by atoms with Gasteiger partial charge in [0.25, 0.3) is 0 Å². The molecule has 0 aliphatic heterocycles. The molecule has 2 unspecified atom stereocenters. The molecule has 4 nitrogen and oxygen atoms in total. The summed E-state index contributed by atoms with van der Waals surface area (Å²) in [6.45, 7) is 17.0. The summed E-state index contributed by atoms with van der Waals surface area (Å²) in [6.07, 6.45) is 3.89. The molecule has 4 heteroatoms. The molecule has 0 aromatic carbocycles. The maximum absolute atomic E-state index is 12.0. The van der Waals surface area contributed by atoms with E-state index < -0.39 is 11.4 Å². The van der Waals surface area contributed by atoms with Gasteiger partial charge in [0.1, 0.15) is 0 Å². The van der Waals surface area contributed by atoms with Gasteiger partial charge in [0.05, 0.1) is 5.41 Å². The molecule has 0 aromatic heterocycles. The molecule has 1 aliphatic carbocycles. The van der Waals surface area contributed by atoms with Crippen molar-refractivity contribution in [3.05, 3.63) is 11.8 Å². The van der Waals surface area contributed by atoms with E-state index in [0.29, 0.717) is 0 Å². The van der Waals surface area contributed by atoms with E-state index in [-0.39, 0.29) is 16.2 Å². The molecule has 0 radical (unpaired) electrons. The van der Waals surface area contributed by atoms with Gasteiger partial charge in [-0.25, -0.2) is 0 Å². The molecular formula is C20H38N2O2. The van der Waals surface area contributed by atoms with Crippen molar-refractivity contribution in [2.24, 2.45) is 21.7 Å². The predicted octanol–water partition coefficient (Wildman–Crippen LogP) is 3.98. The zero-order valence-corrected chi connectivity index (χ0v) is 17.2. The molecule has 0 bridgehead atoms. The van der Waals surface area contributed by atoms with Crippen molar-refractivity contribution >= 4 is 5.97 Å². The minimum atomic E-state index is -0.859. The summed E-state index contributed by atoms with van der Waals surface area (Å²) in [6, 6.07) is 0. The lowest BCUT2D eigenvalue weighted by molar-refractivity contribution is -0.154. The zero-order valence-electron chi connectivity index (χ0n) is 17.2. The van der Waals surface area contributed by atoms with Crippen LogP contribution < -0.4 is 5.32 Å². The minimum absolute atomic E-state index is 0.0461. The fraction of sp³-hybridized carbons (Fsp3) is 0.850. The van der Waals surface area contributed by atoms with Crippen molar-refractivity contribution < 1.29 is 9.90 Å². The lowest BCUT2D eigenvalue weighted by Crippen LogP contribution is -2.53. The first-order valence-electron chi connectivity index (χ1n) is 9.03. The SMILES string of the molecule is CN(C)CCCNC1=CC(C)(C(=O)O)C(C)(C)CC1(C)C(C)(C)C. The van der Waals surface area contributed by atoms with E-state index >= 15 is 0 Å². The molecule has 24 heavy (non-hydrogen) atoms. The number of carbonyl (C=O) groups is 1. The Kier molecular flexibility index (Phi) is 5.87. The summed E-state index contributed by atoms with van der Waals surface area (Å²) < 4.78 is 0. The first-order valence-corrected chi connectivity index (χ1v) is 9.03. The second kappa shape index (κ2) is 6.70. The number of nitrogens with zero attached hydrogens (tertiary/aromatic N) is 1. The highest BCUT2D eigenvalue weighted by Gasteiger charge is 2.57. The molecule has 0 heterocycles. The van der Waals surface area contributed by atoms with Crippen LogP contribution in [0.5, 0.6) is 0 Å². The second-order valence-electron chi connectivity index (χ2n) is 9.79. The maximum atomic E-state index is 12.0. The third kappa shape index (κ3) is 3.79. The highest BCUT2D eigenvalue weighted by Crippen LogP contribution is 2.60. The van der Waals surface area contributed by atoms with E-state index in [9.17, 15) is 9.90 Å². The quantitative estimate of drug-likeness (QED) is 0.719. The van der Waals surface area contributed by atoms with Crippen molar-refractivity contribution in [3.8, 4) is 0 Å². The van der Waals surface area contributed by atoms with Gasteiger partial charge in [-0.05, 0) is 57.3 Å². The van der Waals surface area contributed by atoms with Crippen LogP contribution in [-0.4, -0.2) is 43.2 Å². The van der Waals surface area contributed by atoms with Crippen LogP contribution in [-0.2, 0) is 4.79 Å². The molecule has 140 valence electrons. The van der Waals surface area contributed by atoms with E-state index in [2.05, 4.69) is 65.9 Å². The molecular weight excluding hydrogens is 300 g/mol. The van der Waals surface area contributed by atoms with Gasteiger partial charge in [-0.2, -0.15) is 0 Å². The molecule has 0 aromatic rings. The van der Waals surface area contributed by atoms with E-state index in [0.717, 1.165) is 31.6 Å². The van der Waals surface area contributed by atoms with E-state index in [1.807, 2.05) is 13.0 Å². The van der Waals surface area contributed by atoms with Gasteiger partial charge in [0, 0.05) is 17.7 Å². The van der Waals surface area contributed by atoms with Gasteiger partial charge in [-0.15, -0.1) is 0 Å². The van der Waals surface area contributed by atoms with Crippen LogP contribution >= 0.6 is 0 Å². The van der Waals surface area contributed by atoms with Gasteiger partial charge in [-0.3, -0.25) is 4.79 Å². The number of nitrogens with one attached hydrogen (secondary N) is 1. The summed E-state index contributed by atoms with van der Waals surface area (Å²) in [4.78, 5) is 14.2. The Bertz CT molecular complexity index is 502. The largest absolute Gasteiger partial charge is 0.481 e. The highest BCUT2D eigenvalue weighted by atomic mass is 16.4. The minimum Gasteiger partial charge on any atom is -0.481 e. The Balaban J connectivity index is 3.23. The number of carboxylic acids is 1. The predicted molar refractivity (Wildman–Crippen MR) is 101 cm³/mol. The zero-order chi connectivity index (χ0) is 19.0. The van der Waals surface area contributed by atoms with Crippen LogP contribution in [0.3, 0.4) is 0 Å². The first-order chi connectivity index (χ1) is 10.7. The second-order valence-corrected chi connectivity index (χ2v) is 9.79. The smallest absolute Gasteiger partial charge is 0.313 e. The molecule has 2 N–H and O–H groups in total. The lowest BCUT2D eigenvalue weighted by atomic mass is 9.49. The fourth-order valence-electron chi connectivity index (χ4n) is 3.69. The van der Waals surface area contributed by atoms with Crippen molar-refractivity contribution in [1.29, 1.82) is 0 Å². The average Bonchev–Trinajstić information content (AvgIpc) is 2.38. The van der Waals surface area contributed by atoms with Gasteiger partial charge < -0.3 is 15.3 Å². The third-order valence-corrected chi connectivity index (χ3v) is 6.43. The summed E-state index contributed by atoms with van der Waals surface area (Å²) >= 11 is 0. The van der Waals surface area contributed by atoms with Crippen LogP contribution in [0.15, 0.2) is 11.8 Å². The van der Waals surface area contributed by atoms with Gasteiger partial charge in [-0.1, -0.05) is 41.5 Å². The van der Waals surface area contributed by atoms with Gasteiger partial charge in [0.15, 0.2) is 0 Å². The van der Waals surface area contributed by atoms with E-state index in [4.69, 9.17) is 0 Å². The van der Waals surface area contributed by atoms with Gasteiger partial charge >= 0.3 is 5.97 Å². The van der Waals surface area contributed by atoms with Crippen LogP contribution in [0.1, 0.15) is 61.3 Å². The molecule has 0 saturated carbocycles. The number of hydrogen-bond donors (Lipinski definition) is 2. The topological polar surface area (TPSA) is 52.6 Å². The number of rotatable bonds is 6. The molecule has 1 aliphatic rings. The molecule has 0 saturated heterocycles.